The molecule has 0 aliphatic carbocycles. The van der Waals surface area contributed by atoms with Crippen LogP contribution < -0.4 is 0 Å². The smallest absolute Gasteiger partial charge is 0.293 e. The van der Waals surface area contributed by atoms with Crippen molar-refractivity contribution in [2.45, 2.75) is 31.7 Å². The van der Waals surface area contributed by atoms with Gasteiger partial charge in [0.1, 0.15) is 6.20 Å². The summed E-state index contributed by atoms with van der Waals surface area (Å²) in [4.78, 5) is 14.2. The van der Waals surface area contributed by atoms with Crippen LogP contribution in [0.1, 0.15) is 25.0 Å². The molecular weight excluding hydrogens is 252 g/mol. The van der Waals surface area contributed by atoms with Crippen molar-refractivity contribution in [3.05, 3.63) is 34.1 Å². The predicted octanol–water partition coefficient (Wildman–Crippen LogP) is 0.809. The first-order chi connectivity index (χ1) is 9.04. The number of aromatic nitrogens is 1. The first-order valence-electron chi connectivity index (χ1n) is 6.07. The summed E-state index contributed by atoms with van der Waals surface area (Å²) in [5, 5.41) is 30.1. The molecule has 2 N–H and O–H groups in total. The van der Waals surface area contributed by atoms with Crippen molar-refractivity contribution >= 4 is 5.69 Å². The summed E-state index contributed by atoms with van der Waals surface area (Å²) in [7, 11) is 0. The molecule has 2 heterocycles. The zero-order valence-electron chi connectivity index (χ0n) is 10.5. The van der Waals surface area contributed by atoms with Crippen LogP contribution in [0.5, 0.6) is 0 Å². The van der Waals surface area contributed by atoms with Crippen LogP contribution in [0.3, 0.4) is 0 Å². The minimum absolute atomic E-state index is 0.116. The molecule has 0 spiro atoms. The Kier molecular flexibility index (Phi) is 4.08. The quantitative estimate of drug-likeness (QED) is 0.620. The Bertz CT molecular complexity index is 455. The topological polar surface area (TPSA) is 106 Å². The van der Waals surface area contributed by atoms with E-state index in [0.29, 0.717) is 5.56 Å². The van der Waals surface area contributed by atoms with Gasteiger partial charge in [-0.25, -0.2) is 0 Å². The number of hydrogen-bond donors (Lipinski definition) is 2. The number of pyridine rings is 1. The molecule has 7 nitrogen and oxygen atoms in total. The molecule has 104 valence electrons. The highest BCUT2D eigenvalue weighted by Crippen LogP contribution is 2.37. The van der Waals surface area contributed by atoms with Crippen molar-refractivity contribution in [1.29, 1.82) is 0 Å². The van der Waals surface area contributed by atoms with E-state index in [1.165, 1.54) is 18.5 Å². The molecule has 0 saturated carbocycles. The maximum atomic E-state index is 11.0. The number of nitrogens with zero attached hydrogens (tertiary/aromatic N) is 2. The molecule has 1 aliphatic heterocycles. The Morgan fingerprint density at radius 1 is 1.63 bits per heavy atom. The van der Waals surface area contributed by atoms with Crippen LogP contribution in [-0.2, 0) is 4.74 Å². The molecule has 1 aromatic rings. The van der Waals surface area contributed by atoms with E-state index in [4.69, 9.17) is 4.74 Å². The lowest BCUT2D eigenvalue weighted by Gasteiger charge is -2.37. The number of hydrogen-bond acceptors (Lipinski definition) is 6. The summed E-state index contributed by atoms with van der Waals surface area (Å²) in [5.74, 6) is -0.364. The molecule has 1 fully saturated rings. The molecular formula is C12H16N2O5. The molecule has 2 rings (SSSR count). The minimum atomic E-state index is -0.744. The van der Waals surface area contributed by atoms with Gasteiger partial charge in [0, 0.05) is 18.5 Å². The van der Waals surface area contributed by atoms with E-state index in [9.17, 15) is 20.3 Å². The van der Waals surface area contributed by atoms with Crippen molar-refractivity contribution in [2.24, 2.45) is 5.92 Å². The van der Waals surface area contributed by atoms with Gasteiger partial charge in [-0.1, -0.05) is 0 Å². The maximum absolute atomic E-state index is 11.0. The minimum Gasteiger partial charge on any atom is -0.396 e. The molecule has 0 radical (unpaired) electrons. The van der Waals surface area contributed by atoms with Crippen molar-refractivity contribution in [1.82, 2.24) is 4.98 Å². The summed E-state index contributed by atoms with van der Waals surface area (Å²) in [6, 6.07) is 1.53. The van der Waals surface area contributed by atoms with Crippen molar-refractivity contribution in [3.63, 3.8) is 0 Å². The Morgan fingerprint density at radius 2 is 2.37 bits per heavy atom. The number of nitro groups is 1. The maximum Gasteiger partial charge on any atom is 0.293 e. The van der Waals surface area contributed by atoms with Gasteiger partial charge in [0.05, 0.1) is 35.4 Å². The molecule has 0 bridgehead atoms. The molecule has 1 aliphatic rings. The van der Waals surface area contributed by atoms with Gasteiger partial charge in [-0.2, -0.15) is 0 Å². The van der Waals surface area contributed by atoms with Crippen molar-refractivity contribution in [2.75, 3.05) is 6.61 Å². The van der Waals surface area contributed by atoms with E-state index in [0.717, 1.165) is 0 Å². The van der Waals surface area contributed by atoms with Crippen LogP contribution in [0.2, 0.25) is 0 Å². The second kappa shape index (κ2) is 5.60. The summed E-state index contributed by atoms with van der Waals surface area (Å²) in [5.41, 5.74) is 0.289. The van der Waals surface area contributed by atoms with Crippen LogP contribution in [0.4, 0.5) is 5.69 Å². The highest BCUT2D eigenvalue weighted by Gasteiger charge is 2.37. The van der Waals surface area contributed by atoms with Gasteiger partial charge in [-0.15, -0.1) is 0 Å². The first kappa shape index (κ1) is 13.9. The first-order valence-corrected chi connectivity index (χ1v) is 6.07. The monoisotopic (exact) mass is 268 g/mol. The fourth-order valence-electron chi connectivity index (χ4n) is 2.41. The van der Waals surface area contributed by atoms with E-state index in [-0.39, 0.29) is 30.7 Å². The third-order valence-electron chi connectivity index (χ3n) is 3.52. The number of aliphatic hydroxyl groups is 2. The molecule has 1 aromatic heterocycles. The van der Waals surface area contributed by atoms with Crippen LogP contribution >= 0.6 is 0 Å². The number of rotatable bonds is 3. The van der Waals surface area contributed by atoms with Crippen molar-refractivity contribution in [3.8, 4) is 0 Å². The van der Waals surface area contributed by atoms with E-state index in [1.54, 1.807) is 6.92 Å². The van der Waals surface area contributed by atoms with E-state index in [1.807, 2.05) is 0 Å². The second-order valence-corrected chi connectivity index (χ2v) is 4.67. The second-order valence-electron chi connectivity index (χ2n) is 4.67. The Labute approximate surface area is 110 Å². The van der Waals surface area contributed by atoms with Gasteiger partial charge in [0.25, 0.3) is 5.69 Å². The SMILES string of the molecule is CC1OC(c2ccncc2[N+](=O)[O-])CC(O)C1CO. The Hall–Kier alpha value is -1.57. The van der Waals surface area contributed by atoms with E-state index >= 15 is 0 Å². The largest absolute Gasteiger partial charge is 0.396 e. The molecule has 4 unspecified atom stereocenters. The Balaban J connectivity index is 2.26. The summed E-state index contributed by atoms with van der Waals surface area (Å²) in [6.07, 6.45) is 1.18. The van der Waals surface area contributed by atoms with Gasteiger partial charge >= 0.3 is 0 Å². The zero-order valence-corrected chi connectivity index (χ0v) is 10.5. The fraction of sp³-hybridized carbons (Fsp3) is 0.583. The highest BCUT2D eigenvalue weighted by molar-refractivity contribution is 5.38. The molecule has 1 saturated heterocycles. The lowest BCUT2D eigenvalue weighted by atomic mass is 9.88. The molecule has 19 heavy (non-hydrogen) atoms. The zero-order chi connectivity index (χ0) is 14.0. The fourth-order valence-corrected chi connectivity index (χ4v) is 2.41. The van der Waals surface area contributed by atoms with E-state index in [2.05, 4.69) is 4.98 Å². The summed E-state index contributed by atoms with van der Waals surface area (Å²) in [6.45, 7) is 1.57. The van der Waals surface area contributed by atoms with Crippen molar-refractivity contribution < 1.29 is 19.9 Å². The third-order valence-corrected chi connectivity index (χ3v) is 3.52. The standard InChI is InChI=1S/C12H16N2O5/c1-7-9(6-15)11(16)4-12(19-7)8-2-3-13-5-10(8)14(17)18/h2-3,5,7,9,11-12,15-16H,4,6H2,1H3. The lowest BCUT2D eigenvalue weighted by Crippen LogP contribution is -2.41. The predicted molar refractivity (Wildman–Crippen MR) is 65.4 cm³/mol. The van der Waals surface area contributed by atoms with E-state index < -0.39 is 17.1 Å². The third kappa shape index (κ3) is 2.73. The number of ether oxygens (including phenoxy) is 1. The normalized spacial score (nSPS) is 31.1. The van der Waals surface area contributed by atoms with Crippen LogP contribution in [0.15, 0.2) is 18.5 Å². The molecule has 0 aromatic carbocycles. The van der Waals surface area contributed by atoms with Gasteiger partial charge < -0.3 is 14.9 Å². The average molecular weight is 268 g/mol. The van der Waals surface area contributed by atoms with Crippen LogP contribution in [-0.4, -0.2) is 38.9 Å². The van der Waals surface area contributed by atoms with Crippen LogP contribution in [0.25, 0.3) is 0 Å². The average Bonchev–Trinajstić information content (AvgIpc) is 2.38. The Morgan fingerprint density at radius 3 is 2.95 bits per heavy atom. The summed E-state index contributed by atoms with van der Waals surface area (Å²) >= 11 is 0. The summed E-state index contributed by atoms with van der Waals surface area (Å²) < 4.78 is 5.68. The number of aliphatic hydroxyl groups excluding tert-OH is 2. The lowest BCUT2D eigenvalue weighted by molar-refractivity contribution is -0.386. The van der Waals surface area contributed by atoms with Gasteiger partial charge in [0.15, 0.2) is 0 Å². The molecule has 0 amide bonds. The molecule has 7 heteroatoms. The van der Waals surface area contributed by atoms with Gasteiger partial charge in [0.2, 0.25) is 0 Å². The highest BCUT2D eigenvalue weighted by atomic mass is 16.6. The van der Waals surface area contributed by atoms with Gasteiger partial charge in [-0.3, -0.25) is 15.1 Å². The molecule has 4 atom stereocenters. The van der Waals surface area contributed by atoms with Crippen LogP contribution in [0, 0.1) is 16.0 Å². The van der Waals surface area contributed by atoms with Gasteiger partial charge in [-0.05, 0) is 13.0 Å².